The highest BCUT2D eigenvalue weighted by Gasteiger charge is 1.89. The Hall–Kier alpha value is -1.44. The van der Waals surface area contributed by atoms with E-state index in [0.29, 0.717) is 6.42 Å². The summed E-state index contributed by atoms with van der Waals surface area (Å²) in [6, 6.07) is 0. The molecule has 0 aromatic carbocycles. The third-order valence-corrected chi connectivity index (χ3v) is 1.71. The van der Waals surface area contributed by atoms with Crippen LogP contribution in [0.2, 0.25) is 0 Å². The summed E-state index contributed by atoms with van der Waals surface area (Å²) < 4.78 is 0. The van der Waals surface area contributed by atoms with Gasteiger partial charge in [-0.1, -0.05) is 24.3 Å². The van der Waals surface area contributed by atoms with E-state index in [9.17, 15) is 4.79 Å². The van der Waals surface area contributed by atoms with E-state index in [4.69, 9.17) is 0 Å². The number of hydrogen-bond acceptors (Lipinski definition) is 2. The Balaban J connectivity index is 4.22. The van der Waals surface area contributed by atoms with E-state index >= 15 is 0 Å². The molecule has 82 valence electrons. The maximum atomic E-state index is 10.7. The number of aliphatic imine (C=N–C) groups is 1. The van der Waals surface area contributed by atoms with Crippen molar-refractivity contribution in [3.05, 3.63) is 36.1 Å². The molecule has 0 fully saturated rings. The van der Waals surface area contributed by atoms with Crippen LogP contribution in [0.1, 0.15) is 33.6 Å². The van der Waals surface area contributed by atoms with Gasteiger partial charge in [0.15, 0.2) is 0 Å². The lowest BCUT2D eigenvalue weighted by Crippen LogP contribution is -1.86. The smallest absolute Gasteiger partial charge is 0.130 e. The summed E-state index contributed by atoms with van der Waals surface area (Å²) >= 11 is 0. The van der Waals surface area contributed by atoms with Crippen molar-refractivity contribution in [3.8, 4) is 0 Å². The first-order valence-corrected chi connectivity index (χ1v) is 5.17. The monoisotopic (exact) mass is 205 g/mol. The normalized spacial score (nSPS) is 13.4. The van der Waals surface area contributed by atoms with Crippen molar-refractivity contribution in [1.82, 2.24) is 0 Å². The average Bonchev–Trinajstić information content (AvgIpc) is 2.20. The minimum absolute atomic E-state index is 0.225. The average molecular weight is 205 g/mol. The molecule has 0 N–H and O–H groups in total. The second kappa shape index (κ2) is 9.13. The van der Waals surface area contributed by atoms with E-state index < -0.39 is 0 Å². The maximum Gasteiger partial charge on any atom is 0.130 e. The molecule has 0 unspecified atom stereocenters. The van der Waals surface area contributed by atoms with Crippen molar-refractivity contribution in [2.24, 2.45) is 4.99 Å². The molecule has 0 aromatic rings. The maximum absolute atomic E-state index is 10.7. The van der Waals surface area contributed by atoms with E-state index in [-0.39, 0.29) is 5.78 Å². The summed E-state index contributed by atoms with van der Waals surface area (Å²) in [6.07, 6.45) is 12.9. The predicted molar refractivity (Wildman–Crippen MR) is 66.1 cm³/mol. The van der Waals surface area contributed by atoms with E-state index in [1.807, 2.05) is 38.2 Å². The molecule has 0 spiro atoms. The van der Waals surface area contributed by atoms with E-state index in [0.717, 1.165) is 12.0 Å². The molecule has 0 amide bonds. The van der Waals surface area contributed by atoms with Crippen LogP contribution in [0.15, 0.2) is 41.1 Å². The first-order valence-electron chi connectivity index (χ1n) is 5.17. The molecular weight excluding hydrogens is 186 g/mol. The Bertz CT molecular complexity index is 296. The quantitative estimate of drug-likeness (QED) is 0.482. The van der Waals surface area contributed by atoms with Gasteiger partial charge in [-0.2, -0.15) is 0 Å². The third kappa shape index (κ3) is 8.88. The predicted octanol–water partition coefficient (Wildman–Crippen LogP) is 3.46. The van der Waals surface area contributed by atoms with Crippen LogP contribution in [0, 0.1) is 0 Å². The fourth-order valence-electron chi connectivity index (χ4n) is 1.00. The van der Waals surface area contributed by atoms with Gasteiger partial charge in [-0.3, -0.25) is 4.99 Å². The SMILES string of the molecule is C\C=C/C(/C=C/CCC(C)=O)=C\N=C/C. The van der Waals surface area contributed by atoms with E-state index in [2.05, 4.69) is 4.99 Å². The molecule has 0 aliphatic rings. The fraction of sp³-hybridized carbons (Fsp3) is 0.385. The number of nitrogens with zero attached hydrogens (tertiary/aromatic N) is 1. The lowest BCUT2D eigenvalue weighted by Gasteiger charge is -1.92. The van der Waals surface area contributed by atoms with Crippen LogP contribution in [-0.2, 0) is 4.79 Å². The van der Waals surface area contributed by atoms with Crippen molar-refractivity contribution in [1.29, 1.82) is 0 Å². The molecule has 2 heteroatoms. The molecule has 0 saturated heterocycles. The largest absolute Gasteiger partial charge is 0.300 e. The van der Waals surface area contributed by atoms with Gasteiger partial charge in [0.25, 0.3) is 0 Å². The van der Waals surface area contributed by atoms with Gasteiger partial charge in [0.2, 0.25) is 0 Å². The van der Waals surface area contributed by atoms with E-state index in [1.165, 1.54) is 0 Å². The highest BCUT2D eigenvalue weighted by Crippen LogP contribution is 2.02. The summed E-state index contributed by atoms with van der Waals surface area (Å²) in [6.45, 7) is 5.45. The minimum Gasteiger partial charge on any atom is -0.300 e. The molecule has 0 saturated carbocycles. The number of allylic oxidation sites excluding steroid dienone is 5. The Labute approximate surface area is 92.1 Å². The third-order valence-electron chi connectivity index (χ3n) is 1.71. The fourth-order valence-corrected chi connectivity index (χ4v) is 1.00. The molecule has 0 aliphatic carbocycles. The second-order valence-electron chi connectivity index (χ2n) is 3.18. The molecular formula is C13H19NO. The van der Waals surface area contributed by atoms with Crippen LogP contribution in [0.3, 0.4) is 0 Å². The van der Waals surface area contributed by atoms with Crippen LogP contribution in [0.5, 0.6) is 0 Å². The van der Waals surface area contributed by atoms with Gasteiger partial charge in [-0.25, -0.2) is 0 Å². The van der Waals surface area contributed by atoms with Gasteiger partial charge in [-0.05, 0) is 32.8 Å². The topological polar surface area (TPSA) is 29.4 Å². The number of rotatable bonds is 6. The van der Waals surface area contributed by atoms with Gasteiger partial charge in [-0.15, -0.1) is 0 Å². The van der Waals surface area contributed by atoms with Crippen LogP contribution >= 0.6 is 0 Å². The molecule has 2 nitrogen and oxygen atoms in total. The zero-order valence-electron chi connectivity index (χ0n) is 9.73. The van der Waals surface area contributed by atoms with Gasteiger partial charge < -0.3 is 4.79 Å². The van der Waals surface area contributed by atoms with Crippen molar-refractivity contribution in [3.63, 3.8) is 0 Å². The summed E-state index contributed by atoms with van der Waals surface area (Å²) in [7, 11) is 0. The molecule has 0 rings (SSSR count). The minimum atomic E-state index is 0.225. The summed E-state index contributed by atoms with van der Waals surface area (Å²) in [5.74, 6) is 0.225. The first-order chi connectivity index (χ1) is 7.20. The second-order valence-corrected chi connectivity index (χ2v) is 3.18. The van der Waals surface area contributed by atoms with Gasteiger partial charge in [0, 0.05) is 18.8 Å². The van der Waals surface area contributed by atoms with Crippen LogP contribution in [-0.4, -0.2) is 12.0 Å². The molecule has 0 heterocycles. The highest BCUT2D eigenvalue weighted by atomic mass is 16.1. The summed E-state index contributed by atoms with van der Waals surface area (Å²) in [4.78, 5) is 14.7. The lowest BCUT2D eigenvalue weighted by molar-refractivity contribution is -0.116. The number of carbonyl (C=O) groups is 1. The van der Waals surface area contributed by atoms with Crippen molar-refractivity contribution in [2.45, 2.75) is 33.6 Å². The lowest BCUT2D eigenvalue weighted by atomic mass is 10.2. The van der Waals surface area contributed by atoms with Crippen LogP contribution in [0.4, 0.5) is 0 Å². The zero-order chi connectivity index (χ0) is 11.5. The van der Waals surface area contributed by atoms with Crippen molar-refractivity contribution in [2.75, 3.05) is 0 Å². The number of ketones is 1. The molecule has 0 aliphatic heterocycles. The highest BCUT2D eigenvalue weighted by molar-refractivity contribution is 5.75. The van der Waals surface area contributed by atoms with E-state index in [1.54, 1.807) is 19.3 Å². The molecule has 15 heavy (non-hydrogen) atoms. The molecule has 0 atom stereocenters. The summed E-state index contributed by atoms with van der Waals surface area (Å²) in [5.41, 5.74) is 1.04. The zero-order valence-corrected chi connectivity index (χ0v) is 9.73. The van der Waals surface area contributed by atoms with Gasteiger partial charge in [0.1, 0.15) is 5.78 Å². The van der Waals surface area contributed by atoms with Gasteiger partial charge >= 0.3 is 0 Å². The van der Waals surface area contributed by atoms with Gasteiger partial charge in [0.05, 0.1) is 0 Å². The Morgan fingerprint density at radius 2 is 2.00 bits per heavy atom. The molecule has 0 bridgehead atoms. The Kier molecular flexibility index (Phi) is 8.25. The Morgan fingerprint density at radius 3 is 2.53 bits per heavy atom. The molecule has 0 aromatic heterocycles. The molecule has 0 radical (unpaired) electrons. The van der Waals surface area contributed by atoms with Crippen LogP contribution in [0.25, 0.3) is 0 Å². The van der Waals surface area contributed by atoms with Crippen LogP contribution < -0.4 is 0 Å². The number of hydrogen-bond donors (Lipinski definition) is 0. The first kappa shape index (κ1) is 13.6. The number of Topliss-reactive ketones (excluding diaryl/α,β-unsaturated/α-hetero) is 1. The Morgan fingerprint density at radius 1 is 1.27 bits per heavy atom. The standard InChI is InChI=1S/C13H19NO/c1-4-8-13(11-14-5-2)10-7-6-9-12(3)15/h4-5,7-8,10-11H,6,9H2,1-3H3/b8-4-,10-7+,13-11+,14-5-. The summed E-state index contributed by atoms with van der Waals surface area (Å²) in [5, 5.41) is 0. The van der Waals surface area contributed by atoms with Crippen molar-refractivity contribution < 1.29 is 4.79 Å². The van der Waals surface area contributed by atoms with Crippen molar-refractivity contribution >= 4 is 12.0 Å². The number of carbonyl (C=O) groups excluding carboxylic acids is 1.